The molecule has 102 valence electrons. The third-order valence-electron chi connectivity index (χ3n) is 3.30. The molecule has 1 heterocycles. The number of fused-ring (bicyclic) bond motifs is 1. The van der Waals surface area contributed by atoms with Gasteiger partial charge in [-0.2, -0.15) is 0 Å². The molecule has 1 aromatic carbocycles. The first-order chi connectivity index (χ1) is 9.09. The van der Waals surface area contributed by atoms with E-state index in [1.165, 1.54) is 0 Å². The fourth-order valence-electron chi connectivity index (χ4n) is 2.28. The summed E-state index contributed by atoms with van der Waals surface area (Å²) in [5.74, 6) is 0.412. The summed E-state index contributed by atoms with van der Waals surface area (Å²) >= 11 is 0. The summed E-state index contributed by atoms with van der Waals surface area (Å²) in [6.45, 7) is 5.09. The molecule has 2 rings (SSSR count). The van der Waals surface area contributed by atoms with Gasteiger partial charge >= 0.3 is 0 Å². The molecule has 2 amide bonds. The van der Waals surface area contributed by atoms with Crippen LogP contribution in [0.25, 0.3) is 0 Å². The number of amides is 2. The van der Waals surface area contributed by atoms with Crippen molar-refractivity contribution in [3.8, 4) is 0 Å². The number of nitrogens with zero attached hydrogens (tertiary/aromatic N) is 1. The van der Waals surface area contributed by atoms with Crippen molar-refractivity contribution in [3.05, 3.63) is 29.8 Å². The van der Waals surface area contributed by atoms with E-state index >= 15 is 0 Å². The van der Waals surface area contributed by atoms with Gasteiger partial charge in [0.15, 0.2) is 0 Å². The number of anilines is 1. The van der Waals surface area contributed by atoms with E-state index in [4.69, 9.17) is 0 Å². The van der Waals surface area contributed by atoms with E-state index in [9.17, 15) is 9.59 Å². The number of para-hydroxylation sites is 1. The van der Waals surface area contributed by atoms with Crippen molar-refractivity contribution in [1.82, 2.24) is 5.32 Å². The Morgan fingerprint density at radius 1 is 1.26 bits per heavy atom. The molecular weight excluding hydrogens is 240 g/mol. The lowest BCUT2D eigenvalue weighted by Gasteiger charge is -2.22. The minimum absolute atomic E-state index is 0.0398. The van der Waals surface area contributed by atoms with Gasteiger partial charge in [0.05, 0.1) is 17.8 Å². The molecule has 4 nitrogen and oxygen atoms in total. The topological polar surface area (TPSA) is 49.4 Å². The Hall–Kier alpha value is -1.84. The number of benzene rings is 1. The predicted molar refractivity (Wildman–Crippen MR) is 75.2 cm³/mol. The van der Waals surface area contributed by atoms with Crippen LogP contribution in [-0.4, -0.2) is 24.9 Å². The Labute approximate surface area is 113 Å². The largest absolute Gasteiger partial charge is 0.343 e. The van der Waals surface area contributed by atoms with Crippen LogP contribution in [0.1, 0.15) is 37.0 Å². The Morgan fingerprint density at radius 3 is 2.74 bits per heavy atom. The minimum Gasteiger partial charge on any atom is -0.343 e. The zero-order valence-corrected chi connectivity index (χ0v) is 11.5. The Morgan fingerprint density at radius 2 is 2.00 bits per heavy atom. The van der Waals surface area contributed by atoms with Crippen LogP contribution in [0.15, 0.2) is 24.3 Å². The van der Waals surface area contributed by atoms with Gasteiger partial charge in [-0.3, -0.25) is 9.59 Å². The lowest BCUT2D eigenvalue weighted by molar-refractivity contribution is -0.117. The lowest BCUT2D eigenvalue weighted by atomic mass is 10.1. The van der Waals surface area contributed by atoms with Crippen LogP contribution in [0.4, 0.5) is 5.69 Å². The SMILES string of the molecule is CC(C)CCCN1C(=O)CNC(=O)c2ccccc21. The minimum atomic E-state index is -0.171. The number of rotatable bonds is 4. The second-order valence-electron chi connectivity index (χ2n) is 5.28. The van der Waals surface area contributed by atoms with Gasteiger partial charge in [-0.25, -0.2) is 0 Å². The average molecular weight is 260 g/mol. The maximum Gasteiger partial charge on any atom is 0.253 e. The Kier molecular flexibility index (Phi) is 4.20. The van der Waals surface area contributed by atoms with Crippen molar-refractivity contribution in [1.29, 1.82) is 0 Å². The van der Waals surface area contributed by atoms with Crippen LogP contribution in [-0.2, 0) is 4.79 Å². The monoisotopic (exact) mass is 260 g/mol. The molecule has 0 atom stereocenters. The fourth-order valence-corrected chi connectivity index (χ4v) is 2.28. The van der Waals surface area contributed by atoms with Crippen LogP contribution >= 0.6 is 0 Å². The van der Waals surface area contributed by atoms with Crippen LogP contribution in [0.5, 0.6) is 0 Å². The highest BCUT2D eigenvalue weighted by Gasteiger charge is 2.25. The summed E-state index contributed by atoms with van der Waals surface area (Å²) in [6, 6.07) is 7.28. The van der Waals surface area contributed by atoms with Crippen LogP contribution in [0.2, 0.25) is 0 Å². The normalized spacial score (nSPS) is 15.2. The third kappa shape index (κ3) is 3.13. The zero-order valence-electron chi connectivity index (χ0n) is 11.5. The van der Waals surface area contributed by atoms with E-state index in [0.717, 1.165) is 18.5 Å². The van der Waals surface area contributed by atoms with Gasteiger partial charge in [0.2, 0.25) is 5.91 Å². The number of hydrogen-bond donors (Lipinski definition) is 1. The number of carbonyl (C=O) groups excluding carboxylic acids is 2. The van der Waals surface area contributed by atoms with E-state index in [0.29, 0.717) is 18.0 Å². The van der Waals surface area contributed by atoms with Crippen molar-refractivity contribution >= 4 is 17.5 Å². The first-order valence-corrected chi connectivity index (χ1v) is 6.77. The van der Waals surface area contributed by atoms with E-state index in [2.05, 4.69) is 19.2 Å². The van der Waals surface area contributed by atoms with E-state index in [1.807, 2.05) is 18.2 Å². The van der Waals surface area contributed by atoms with Crippen molar-refractivity contribution in [2.24, 2.45) is 5.92 Å². The van der Waals surface area contributed by atoms with Gasteiger partial charge in [0.1, 0.15) is 0 Å². The number of hydrogen-bond acceptors (Lipinski definition) is 2. The highest BCUT2D eigenvalue weighted by molar-refractivity contribution is 6.09. The molecule has 0 aliphatic carbocycles. The molecule has 19 heavy (non-hydrogen) atoms. The Bertz CT molecular complexity index is 483. The molecule has 1 aromatic rings. The predicted octanol–water partition coefficient (Wildman–Crippen LogP) is 2.20. The summed E-state index contributed by atoms with van der Waals surface area (Å²) in [5.41, 5.74) is 1.31. The molecule has 1 N–H and O–H groups in total. The molecule has 0 bridgehead atoms. The van der Waals surface area contributed by atoms with Crippen molar-refractivity contribution in [2.45, 2.75) is 26.7 Å². The highest BCUT2D eigenvalue weighted by Crippen LogP contribution is 2.23. The van der Waals surface area contributed by atoms with Gasteiger partial charge in [0, 0.05) is 6.54 Å². The molecule has 4 heteroatoms. The lowest BCUT2D eigenvalue weighted by Crippen LogP contribution is -2.37. The highest BCUT2D eigenvalue weighted by atomic mass is 16.2. The van der Waals surface area contributed by atoms with Crippen LogP contribution in [0.3, 0.4) is 0 Å². The molecule has 0 aromatic heterocycles. The van der Waals surface area contributed by atoms with E-state index in [1.54, 1.807) is 11.0 Å². The Balaban J connectivity index is 2.22. The maximum absolute atomic E-state index is 12.1. The molecule has 1 aliphatic heterocycles. The van der Waals surface area contributed by atoms with Gasteiger partial charge in [-0.1, -0.05) is 26.0 Å². The van der Waals surface area contributed by atoms with Crippen molar-refractivity contribution < 1.29 is 9.59 Å². The van der Waals surface area contributed by atoms with E-state index in [-0.39, 0.29) is 18.4 Å². The van der Waals surface area contributed by atoms with Crippen LogP contribution in [0, 0.1) is 5.92 Å². The molecule has 0 saturated heterocycles. The van der Waals surface area contributed by atoms with Crippen molar-refractivity contribution in [2.75, 3.05) is 18.0 Å². The smallest absolute Gasteiger partial charge is 0.253 e. The molecule has 0 fully saturated rings. The second-order valence-corrected chi connectivity index (χ2v) is 5.28. The standard InChI is InChI=1S/C15H20N2O2/c1-11(2)6-5-9-17-13-8-4-3-7-12(13)15(19)16-10-14(17)18/h3-4,7-8,11H,5-6,9-10H2,1-2H3,(H,16,19). The van der Waals surface area contributed by atoms with E-state index < -0.39 is 0 Å². The molecule has 0 unspecified atom stereocenters. The zero-order chi connectivity index (χ0) is 13.8. The number of carbonyl (C=O) groups is 2. The average Bonchev–Trinajstić information content (AvgIpc) is 2.50. The molecule has 0 radical (unpaired) electrons. The van der Waals surface area contributed by atoms with Gasteiger partial charge in [-0.15, -0.1) is 0 Å². The third-order valence-corrected chi connectivity index (χ3v) is 3.30. The van der Waals surface area contributed by atoms with Crippen molar-refractivity contribution in [3.63, 3.8) is 0 Å². The van der Waals surface area contributed by atoms with Gasteiger partial charge in [-0.05, 0) is 30.9 Å². The summed E-state index contributed by atoms with van der Waals surface area (Å²) in [7, 11) is 0. The molecule has 0 spiro atoms. The first kappa shape index (κ1) is 13.6. The molecule has 0 saturated carbocycles. The first-order valence-electron chi connectivity index (χ1n) is 6.77. The van der Waals surface area contributed by atoms with Crippen LogP contribution < -0.4 is 10.2 Å². The quantitative estimate of drug-likeness (QED) is 0.902. The number of nitrogens with one attached hydrogen (secondary N) is 1. The second kappa shape index (κ2) is 5.87. The summed E-state index contributed by atoms with van der Waals surface area (Å²) in [6.07, 6.45) is 2.03. The fraction of sp³-hybridized carbons (Fsp3) is 0.467. The molecular formula is C15H20N2O2. The van der Waals surface area contributed by atoms with Gasteiger partial charge in [0.25, 0.3) is 5.91 Å². The maximum atomic E-state index is 12.1. The van der Waals surface area contributed by atoms with Gasteiger partial charge < -0.3 is 10.2 Å². The summed E-state index contributed by atoms with van der Waals surface area (Å²) in [4.78, 5) is 25.7. The summed E-state index contributed by atoms with van der Waals surface area (Å²) < 4.78 is 0. The molecule has 1 aliphatic rings. The summed E-state index contributed by atoms with van der Waals surface area (Å²) in [5, 5.41) is 2.65.